The Morgan fingerprint density at radius 3 is 2.47 bits per heavy atom. The third-order valence-corrected chi connectivity index (χ3v) is 4.86. The molecule has 0 heterocycles. The molecule has 0 aliphatic rings. The first-order valence-electron chi connectivity index (χ1n) is 5.70. The molecule has 0 bridgehead atoms. The largest absolute Gasteiger partial charge is 0.271 e. The van der Waals surface area contributed by atoms with E-state index < -0.39 is 0 Å². The van der Waals surface area contributed by atoms with Crippen LogP contribution in [0.15, 0.2) is 45.3 Å². The van der Waals surface area contributed by atoms with Crippen molar-refractivity contribution in [2.75, 3.05) is 0 Å². The lowest BCUT2D eigenvalue weighted by atomic mass is 9.98. The molecule has 0 saturated heterocycles. The monoisotopic (exact) mass is 402 g/mol. The van der Waals surface area contributed by atoms with Gasteiger partial charge in [0.05, 0.1) is 6.04 Å². The molecule has 0 amide bonds. The van der Waals surface area contributed by atoms with Crippen LogP contribution in [0.3, 0.4) is 0 Å². The van der Waals surface area contributed by atoms with Gasteiger partial charge in [0.1, 0.15) is 0 Å². The maximum absolute atomic E-state index is 6.29. The number of hydrogen-bond donors (Lipinski definition) is 2. The zero-order valence-electron chi connectivity index (χ0n) is 10.3. The van der Waals surface area contributed by atoms with E-state index in [1.54, 1.807) is 0 Å². The highest BCUT2D eigenvalue weighted by Gasteiger charge is 2.19. The van der Waals surface area contributed by atoms with Crippen molar-refractivity contribution in [2.24, 2.45) is 5.84 Å². The molecule has 2 aromatic rings. The second kappa shape index (κ2) is 6.37. The van der Waals surface area contributed by atoms with Crippen LogP contribution in [0.4, 0.5) is 0 Å². The molecule has 3 N–H and O–H groups in total. The Morgan fingerprint density at radius 2 is 1.89 bits per heavy atom. The van der Waals surface area contributed by atoms with Crippen LogP contribution >= 0.6 is 43.5 Å². The zero-order chi connectivity index (χ0) is 14.0. The fraction of sp³-hybridized carbons (Fsp3) is 0.143. The van der Waals surface area contributed by atoms with Crippen molar-refractivity contribution in [3.05, 3.63) is 67.1 Å². The van der Waals surface area contributed by atoms with Crippen LogP contribution in [-0.4, -0.2) is 0 Å². The van der Waals surface area contributed by atoms with Crippen molar-refractivity contribution < 1.29 is 0 Å². The molecule has 1 unspecified atom stereocenters. The lowest BCUT2D eigenvalue weighted by Gasteiger charge is -2.20. The second-order valence-corrected chi connectivity index (χ2v) is 6.36. The molecule has 2 rings (SSSR count). The lowest BCUT2D eigenvalue weighted by molar-refractivity contribution is 0.634. The summed E-state index contributed by atoms with van der Waals surface area (Å²) in [5.74, 6) is 5.72. The Bertz CT molecular complexity index is 582. The summed E-state index contributed by atoms with van der Waals surface area (Å²) in [5.41, 5.74) is 5.99. The summed E-state index contributed by atoms with van der Waals surface area (Å²) in [4.78, 5) is 0. The maximum atomic E-state index is 6.29. The van der Waals surface area contributed by atoms with E-state index in [-0.39, 0.29) is 6.04 Å². The van der Waals surface area contributed by atoms with E-state index >= 15 is 0 Å². The minimum atomic E-state index is -0.167. The normalized spacial score (nSPS) is 12.5. The standard InChI is InChI=1S/C14H13Br2ClN2/c1-8-5-6-9(7-11(8)16)14(19-18)13-10(15)3-2-4-12(13)17/h2-7,14,19H,18H2,1H3. The zero-order valence-corrected chi connectivity index (χ0v) is 14.2. The van der Waals surface area contributed by atoms with Crippen molar-refractivity contribution in [3.8, 4) is 0 Å². The van der Waals surface area contributed by atoms with E-state index in [1.165, 1.54) is 5.56 Å². The molecular formula is C14H13Br2ClN2. The number of rotatable bonds is 3. The Kier molecular flexibility index (Phi) is 5.03. The fourth-order valence-corrected chi connectivity index (χ4v) is 3.31. The van der Waals surface area contributed by atoms with Crippen LogP contribution in [-0.2, 0) is 0 Å². The molecule has 0 aromatic heterocycles. The van der Waals surface area contributed by atoms with Gasteiger partial charge >= 0.3 is 0 Å². The van der Waals surface area contributed by atoms with Crippen molar-refractivity contribution >= 4 is 43.5 Å². The van der Waals surface area contributed by atoms with Crippen LogP contribution in [0, 0.1) is 6.92 Å². The fourth-order valence-electron chi connectivity index (χ4n) is 1.92. The van der Waals surface area contributed by atoms with Gasteiger partial charge in [0.15, 0.2) is 0 Å². The highest BCUT2D eigenvalue weighted by atomic mass is 79.9. The summed E-state index contributed by atoms with van der Waals surface area (Å²) in [6.07, 6.45) is 0. The van der Waals surface area contributed by atoms with Crippen LogP contribution in [0.2, 0.25) is 5.02 Å². The minimum Gasteiger partial charge on any atom is -0.271 e. The molecule has 0 radical (unpaired) electrons. The van der Waals surface area contributed by atoms with Crippen molar-refractivity contribution in [1.29, 1.82) is 0 Å². The number of hydrazine groups is 1. The van der Waals surface area contributed by atoms with E-state index in [0.29, 0.717) is 5.02 Å². The summed E-state index contributed by atoms with van der Waals surface area (Å²) in [5, 5.41) is 0.675. The Morgan fingerprint density at radius 1 is 1.16 bits per heavy atom. The number of aryl methyl sites for hydroxylation is 1. The van der Waals surface area contributed by atoms with Crippen LogP contribution in [0.5, 0.6) is 0 Å². The molecule has 5 heteroatoms. The molecule has 0 aliphatic carbocycles. The Labute approximate surface area is 134 Å². The lowest BCUT2D eigenvalue weighted by Crippen LogP contribution is -2.29. The molecule has 0 saturated carbocycles. The number of benzene rings is 2. The molecule has 0 aliphatic heterocycles. The first-order chi connectivity index (χ1) is 9.04. The molecular weight excluding hydrogens is 391 g/mol. The minimum absolute atomic E-state index is 0.167. The number of nitrogens with two attached hydrogens (primary N) is 1. The average Bonchev–Trinajstić information content (AvgIpc) is 2.37. The third kappa shape index (κ3) is 3.20. The molecule has 0 fully saturated rings. The van der Waals surface area contributed by atoms with E-state index in [4.69, 9.17) is 17.4 Å². The van der Waals surface area contributed by atoms with E-state index in [1.807, 2.05) is 31.2 Å². The number of nitrogens with one attached hydrogen (secondary N) is 1. The van der Waals surface area contributed by atoms with Crippen LogP contribution in [0.25, 0.3) is 0 Å². The van der Waals surface area contributed by atoms with Gasteiger partial charge in [-0.25, -0.2) is 5.43 Å². The van der Waals surface area contributed by atoms with E-state index in [9.17, 15) is 0 Å². The smallest absolute Gasteiger partial charge is 0.0736 e. The van der Waals surface area contributed by atoms with Crippen LogP contribution in [0.1, 0.15) is 22.7 Å². The van der Waals surface area contributed by atoms with Gasteiger partial charge in [0.25, 0.3) is 0 Å². The number of hydrogen-bond acceptors (Lipinski definition) is 2. The Hall–Kier alpha value is -0.390. The first kappa shape index (κ1) is 15.0. The summed E-state index contributed by atoms with van der Waals surface area (Å²) in [6, 6.07) is 11.7. The highest BCUT2D eigenvalue weighted by molar-refractivity contribution is 9.10. The van der Waals surface area contributed by atoms with Gasteiger partial charge in [-0.15, -0.1) is 0 Å². The summed E-state index contributed by atoms with van der Waals surface area (Å²) < 4.78 is 1.98. The van der Waals surface area contributed by atoms with E-state index in [0.717, 1.165) is 20.1 Å². The second-order valence-electron chi connectivity index (χ2n) is 4.24. The van der Waals surface area contributed by atoms with Gasteiger partial charge in [0.2, 0.25) is 0 Å². The molecule has 19 heavy (non-hydrogen) atoms. The summed E-state index contributed by atoms with van der Waals surface area (Å²) in [6.45, 7) is 2.05. The van der Waals surface area contributed by atoms with Crippen molar-refractivity contribution in [2.45, 2.75) is 13.0 Å². The van der Waals surface area contributed by atoms with Gasteiger partial charge in [-0.3, -0.25) is 5.84 Å². The van der Waals surface area contributed by atoms with Crippen molar-refractivity contribution in [1.82, 2.24) is 5.43 Å². The van der Waals surface area contributed by atoms with Crippen LogP contribution < -0.4 is 11.3 Å². The van der Waals surface area contributed by atoms with Crippen molar-refractivity contribution in [3.63, 3.8) is 0 Å². The van der Waals surface area contributed by atoms with E-state index in [2.05, 4.69) is 49.4 Å². The quantitative estimate of drug-likeness (QED) is 0.574. The summed E-state index contributed by atoms with van der Waals surface area (Å²) in [7, 11) is 0. The van der Waals surface area contributed by atoms with Gasteiger partial charge in [-0.05, 0) is 36.2 Å². The van der Waals surface area contributed by atoms with Gasteiger partial charge in [0, 0.05) is 19.5 Å². The predicted octanol–water partition coefficient (Wildman–Crippen LogP) is 4.73. The predicted molar refractivity (Wildman–Crippen MR) is 87.2 cm³/mol. The van der Waals surface area contributed by atoms with Gasteiger partial charge in [-0.2, -0.15) is 0 Å². The van der Waals surface area contributed by atoms with Gasteiger partial charge in [-0.1, -0.05) is 61.7 Å². The summed E-state index contributed by atoms with van der Waals surface area (Å²) >= 11 is 13.4. The maximum Gasteiger partial charge on any atom is 0.0736 e. The van der Waals surface area contributed by atoms with Gasteiger partial charge < -0.3 is 0 Å². The molecule has 0 spiro atoms. The SMILES string of the molecule is Cc1ccc(C(NN)c2c(Cl)cccc2Br)cc1Br. The topological polar surface area (TPSA) is 38.0 Å². The molecule has 2 nitrogen and oxygen atoms in total. The first-order valence-corrected chi connectivity index (χ1v) is 7.67. The number of halogens is 3. The third-order valence-electron chi connectivity index (χ3n) is 2.98. The molecule has 2 aromatic carbocycles. The average molecular weight is 405 g/mol. The molecule has 1 atom stereocenters. The highest BCUT2D eigenvalue weighted by Crippen LogP contribution is 2.35. The molecule has 100 valence electrons. The Balaban J connectivity index is 2.53.